The molecule has 0 bridgehead atoms. The fourth-order valence-corrected chi connectivity index (χ4v) is 3.90. The van der Waals surface area contributed by atoms with Crippen molar-refractivity contribution in [2.75, 3.05) is 13.1 Å². The van der Waals surface area contributed by atoms with Crippen molar-refractivity contribution in [2.24, 2.45) is 11.8 Å². The van der Waals surface area contributed by atoms with Gasteiger partial charge in [-0.15, -0.1) is 11.3 Å². The number of carbonyl (C=O) groups is 3. The minimum absolute atomic E-state index is 0.0224. The Balaban J connectivity index is 2.06. The van der Waals surface area contributed by atoms with Gasteiger partial charge in [0.2, 0.25) is 11.8 Å². The van der Waals surface area contributed by atoms with Crippen molar-refractivity contribution in [3.05, 3.63) is 22.4 Å². The van der Waals surface area contributed by atoms with E-state index < -0.39 is 6.04 Å². The van der Waals surface area contributed by atoms with E-state index in [0.29, 0.717) is 30.8 Å². The van der Waals surface area contributed by atoms with Gasteiger partial charge in [0.15, 0.2) is 0 Å². The van der Waals surface area contributed by atoms with Crippen molar-refractivity contribution < 1.29 is 14.4 Å². The van der Waals surface area contributed by atoms with Crippen LogP contribution in [0, 0.1) is 11.8 Å². The van der Waals surface area contributed by atoms with Crippen LogP contribution in [0.3, 0.4) is 0 Å². The highest BCUT2D eigenvalue weighted by molar-refractivity contribution is 7.12. The lowest BCUT2D eigenvalue weighted by Crippen LogP contribution is -2.55. The number of carbonyl (C=O) groups excluding carboxylic acids is 3. The molecule has 3 amide bonds. The van der Waals surface area contributed by atoms with Crippen molar-refractivity contribution in [2.45, 2.75) is 59.0 Å². The molecule has 150 valence electrons. The van der Waals surface area contributed by atoms with E-state index in [0.717, 1.165) is 6.42 Å². The van der Waals surface area contributed by atoms with Crippen LogP contribution in [0.2, 0.25) is 0 Å². The minimum atomic E-state index is -0.579. The van der Waals surface area contributed by atoms with Crippen molar-refractivity contribution in [1.82, 2.24) is 15.5 Å². The van der Waals surface area contributed by atoms with Crippen LogP contribution in [-0.2, 0) is 9.59 Å². The van der Waals surface area contributed by atoms with Crippen LogP contribution in [0.25, 0.3) is 0 Å². The topological polar surface area (TPSA) is 78.5 Å². The zero-order valence-electron chi connectivity index (χ0n) is 16.7. The first-order valence-corrected chi connectivity index (χ1v) is 10.6. The molecule has 0 unspecified atom stereocenters. The Hall–Kier alpha value is -1.89. The van der Waals surface area contributed by atoms with Crippen LogP contribution in [-0.4, -0.2) is 47.8 Å². The Morgan fingerprint density at radius 2 is 1.85 bits per heavy atom. The molecule has 7 heteroatoms. The summed E-state index contributed by atoms with van der Waals surface area (Å²) in [6.45, 7) is 9.03. The standard InChI is InChI=1S/C20H31N3O3S/c1-5-14(4)21-19(25)17(22-18(24)16-7-6-12-27-16)15-8-10-23(11-9-15)20(26)13(2)3/h6-7,12-15,17H,5,8-11H2,1-4H3,(H,21,25)(H,22,24)/t14-,17-/m1/s1. The number of hydrogen-bond acceptors (Lipinski definition) is 4. The van der Waals surface area contributed by atoms with Crippen LogP contribution in [0.1, 0.15) is 56.6 Å². The Morgan fingerprint density at radius 1 is 1.19 bits per heavy atom. The van der Waals surface area contributed by atoms with E-state index in [4.69, 9.17) is 0 Å². The molecule has 1 aromatic rings. The highest BCUT2D eigenvalue weighted by Gasteiger charge is 2.34. The molecule has 1 fully saturated rings. The van der Waals surface area contributed by atoms with E-state index in [1.54, 1.807) is 6.07 Å². The predicted molar refractivity (Wildman–Crippen MR) is 108 cm³/mol. The second-order valence-electron chi connectivity index (χ2n) is 7.56. The highest BCUT2D eigenvalue weighted by Crippen LogP contribution is 2.23. The Labute approximate surface area is 165 Å². The maximum Gasteiger partial charge on any atom is 0.262 e. The van der Waals surface area contributed by atoms with Crippen LogP contribution in [0.4, 0.5) is 0 Å². The fourth-order valence-electron chi connectivity index (χ4n) is 3.27. The van der Waals surface area contributed by atoms with Crippen molar-refractivity contribution in [3.8, 4) is 0 Å². The average Bonchev–Trinajstić information content (AvgIpc) is 3.20. The molecule has 0 spiro atoms. The third-order valence-electron chi connectivity index (χ3n) is 5.13. The first kappa shape index (κ1) is 21.4. The fraction of sp³-hybridized carbons (Fsp3) is 0.650. The second-order valence-corrected chi connectivity index (χ2v) is 8.51. The number of thiophene rings is 1. The monoisotopic (exact) mass is 393 g/mol. The summed E-state index contributed by atoms with van der Waals surface area (Å²) in [5.41, 5.74) is 0. The maximum atomic E-state index is 12.8. The average molecular weight is 394 g/mol. The van der Waals surface area contributed by atoms with Gasteiger partial charge in [0.25, 0.3) is 5.91 Å². The molecule has 0 radical (unpaired) electrons. The van der Waals surface area contributed by atoms with Gasteiger partial charge in [0.05, 0.1) is 4.88 Å². The predicted octanol–water partition coefficient (Wildman–Crippen LogP) is 2.66. The van der Waals surface area contributed by atoms with Crippen LogP contribution >= 0.6 is 11.3 Å². The smallest absolute Gasteiger partial charge is 0.262 e. The molecule has 1 aliphatic rings. The number of hydrogen-bond donors (Lipinski definition) is 2. The molecular weight excluding hydrogens is 362 g/mol. The molecule has 0 aliphatic carbocycles. The lowest BCUT2D eigenvalue weighted by molar-refractivity contribution is -0.136. The molecule has 1 aliphatic heterocycles. The van der Waals surface area contributed by atoms with Crippen molar-refractivity contribution in [3.63, 3.8) is 0 Å². The van der Waals surface area contributed by atoms with Crippen LogP contribution in [0.5, 0.6) is 0 Å². The van der Waals surface area contributed by atoms with Gasteiger partial charge in [-0.25, -0.2) is 0 Å². The summed E-state index contributed by atoms with van der Waals surface area (Å²) in [4.78, 5) is 40.0. The van der Waals surface area contributed by atoms with Crippen LogP contribution in [0.15, 0.2) is 17.5 Å². The van der Waals surface area contributed by atoms with Gasteiger partial charge in [-0.2, -0.15) is 0 Å². The summed E-state index contributed by atoms with van der Waals surface area (Å²) in [6, 6.07) is 3.06. The highest BCUT2D eigenvalue weighted by atomic mass is 32.1. The van der Waals surface area contributed by atoms with Gasteiger partial charge in [-0.1, -0.05) is 26.8 Å². The van der Waals surface area contributed by atoms with E-state index in [-0.39, 0.29) is 35.6 Å². The first-order valence-electron chi connectivity index (χ1n) is 9.77. The molecule has 1 saturated heterocycles. The molecule has 2 N–H and O–H groups in total. The van der Waals surface area contributed by atoms with Gasteiger partial charge in [-0.3, -0.25) is 14.4 Å². The molecule has 27 heavy (non-hydrogen) atoms. The SMILES string of the molecule is CC[C@@H](C)NC(=O)[C@H](NC(=O)c1cccs1)C1CCN(C(=O)C(C)C)CC1. The molecule has 2 heterocycles. The lowest BCUT2D eigenvalue weighted by Gasteiger charge is -2.36. The number of rotatable bonds is 7. The van der Waals surface area contributed by atoms with E-state index in [1.807, 2.05) is 44.0 Å². The Morgan fingerprint density at radius 3 is 2.37 bits per heavy atom. The normalized spacial score (nSPS) is 17.4. The first-order chi connectivity index (χ1) is 12.8. The number of likely N-dealkylation sites (tertiary alicyclic amines) is 1. The maximum absolute atomic E-state index is 12.8. The van der Waals surface area contributed by atoms with Crippen molar-refractivity contribution >= 4 is 29.1 Å². The largest absolute Gasteiger partial charge is 0.352 e. The number of amides is 3. The molecule has 0 saturated carbocycles. The molecular formula is C20H31N3O3S. The molecule has 2 rings (SSSR count). The van der Waals surface area contributed by atoms with E-state index in [1.165, 1.54) is 11.3 Å². The Kier molecular flexibility index (Phi) is 7.83. The van der Waals surface area contributed by atoms with Crippen LogP contribution < -0.4 is 10.6 Å². The van der Waals surface area contributed by atoms with Gasteiger partial charge < -0.3 is 15.5 Å². The molecule has 6 nitrogen and oxygen atoms in total. The summed E-state index contributed by atoms with van der Waals surface area (Å²) in [5.74, 6) is -0.201. The van der Waals surface area contributed by atoms with Crippen molar-refractivity contribution in [1.29, 1.82) is 0 Å². The lowest BCUT2D eigenvalue weighted by atomic mass is 9.88. The summed E-state index contributed by atoms with van der Waals surface area (Å²) in [5, 5.41) is 7.79. The van der Waals surface area contributed by atoms with E-state index in [2.05, 4.69) is 10.6 Å². The van der Waals surface area contributed by atoms with Gasteiger partial charge >= 0.3 is 0 Å². The van der Waals surface area contributed by atoms with Gasteiger partial charge in [0, 0.05) is 25.0 Å². The van der Waals surface area contributed by atoms with E-state index in [9.17, 15) is 14.4 Å². The summed E-state index contributed by atoms with van der Waals surface area (Å²) >= 11 is 1.36. The summed E-state index contributed by atoms with van der Waals surface area (Å²) in [6.07, 6.45) is 2.25. The Bertz CT molecular complexity index is 637. The number of piperidine rings is 1. The quantitative estimate of drug-likeness (QED) is 0.747. The minimum Gasteiger partial charge on any atom is -0.352 e. The number of nitrogens with one attached hydrogen (secondary N) is 2. The third kappa shape index (κ3) is 5.79. The van der Waals surface area contributed by atoms with Gasteiger partial charge in [-0.05, 0) is 43.6 Å². The third-order valence-corrected chi connectivity index (χ3v) is 6.00. The van der Waals surface area contributed by atoms with Gasteiger partial charge in [0.1, 0.15) is 6.04 Å². The zero-order chi connectivity index (χ0) is 20.0. The molecule has 2 atom stereocenters. The molecule has 0 aromatic carbocycles. The van der Waals surface area contributed by atoms with E-state index >= 15 is 0 Å². The summed E-state index contributed by atoms with van der Waals surface area (Å²) < 4.78 is 0. The summed E-state index contributed by atoms with van der Waals surface area (Å²) in [7, 11) is 0. The number of nitrogens with zero attached hydrogens (tertiary/aromatic N) is 1. The zero-order valence-corrected chi connectivity index (χ0v) is 17.5. The molecule has 1 aromatic heterocycles. The second kappa shape index (κ2) is 9.88.